The lowest BCUT2D eigenvalue weighted by atomic mass is 10.1. The SMILES string of the molecule is CC(C)CCOCCOc1ccccc1C(C)O. The number of rotatable bonds is 8. The van der Waals surface area contributed by atoms with Gasteiger partial charge in [0.1, 0.15) is 12.4 Å². The van der Waals surface area contributed by atoms with Crippen LogP contribution in [0.2, 0.25) is 0 Å². The van der Waals surface area contributed by atoms with Crippen LogP contribution in [0.5, 0.6) is 5.75 Å². The standard InChI is InChI=1S/C15H24O3/c1-12(2)8-9-17-10-11-18-15-7-5-4-6-14(15)13(3)16/h4-7,12-13,16H,8-11H2,1-3H3. The Morgan fingerprint density at radius 1 is 1.06 bits per heavy atom. The molecule has 0 spiro atoms. The fraction of sp³-hybridized carbons (Fsp3) is 0.600. The van der Waals surface area contributed by atoms with Crippen LogP contribution in [0.25, 0.3) is 0 Å². The van der Waals surface area contributed by atoms with E-state index in [2.05, 4.69) is 13.8 Å². The minimum absolute atomic E-state index is 0.511. The molecule has 1 unspecified atom stereocenters. The average molecular weight is 252 g/mol. The van der Waals surface area contributed by atoms with Crippen LogP contribution < -0.4 is 4.74 Å². The van der Waals surface area contributed by atoms with Crippen LogP contribution in [0.4, 0.5) is 0 Å². The van der Waals surface area contributed by atoms with Crippen molar-refractivity contribution in [3.05, 3.63) is 29.8 Å². The zero-order chi connectivity index (χ0) is 13.4. The largest absolute Gasteiger partial charge is 0.491 e. The molecule has 0 saturated heterocycles. The van der Waals surface area contributed by atoms with Crippen molar-refractivity contribution in [2.45, 2.75) is 33.3 Å². The highest BCUT2D eigenvalue weighted by Gasteiger charge is 2.07. The molecule has 0 aliphatic heterocycles. The van der Waals surface area contributed by atoms with E-state index in [1.807, 2.05) is 24.3 Å². The molecule has 102 valence electrons. The Hall–Kier alpha value is -1.06. The predicted molar refractivity (Wildman–Crippen MR) is 72.8 cm³/mol. The smallest absolute Gasteiger partial charge is 0.125 e. The Bertz CT molecular complexity index is 334. The van der Waals surface area contributed by atoms with Crippen LogP contribution in [0.15, 0.2) is 24.3 Å². The molecule has 1 N–H and O–H groups in total. The summed E-state index contributed by atoms with van der Waals surface area (Å²) in [4.78, 5) is 0. The first kappa shape index (κ1) is 15.0. The van der Waals surface area contributed by atoms with E-state index in [1.165, 1.54) is 0 Å². The summed E-state index contributed by atoms with van der Waals surface area (Å²) < 4.78 is 11.1. The zero-order valence-corrected chi connectivity index (χ0v) is 11.6. The third kappa shape index (κ3) is 5.52. The summed E-state index contributed by atoms with van der Waals surface area (Å²) in [6, 6.07) is 7.55. The third-order valence-electron chi connectivity index (χ3n) is 2.69. The molecule has 0 fully saturated rings. The molecule has 1 atom stereocenters. The number of hydrogen-bond acceptors (Lipinski definition) is 3. The normalized spacial score (nSPS) is 12.7. The molecular formula is C15H24O3. The summed E-state index contributed by atoms with van der Waals surface area (Å²) in [7, 11) is 0. The van der Waals surface area contributed by atoms with Gasteiger partial charge in [0.2, 0.25) is 0 Å². The molecule has 1 aromatic rings. The molecule has 3 nitrogen and oxygen atoms in total. The number of hydrogen-bond donors (Lipinski definition) is 1. The molecule has 0 radical (unpaired) electrons. The van der Waals surface area contributed by atoms with E-state index in [9.17, 15) is 5.11 Å². The van der Waals surface area contributed by atoms with Gasteiger partial charge >= 0.3 is 0 Å². The third-order valence-corrected chi connectivity index (χ3v) is 2.69. The highest BCUT2D eigenvalue weighted by atomic mass is 16.5. The number of ether oxygens (including phenoxy) is 2. The minimum Gasteiger partial charge on any atom is -0.491 e. The Labute approximate surface area is 110 Å². The van der Waals surface area contributed by atoms with E-state index in [0.717, 1.165) is 24.3 Å². The van der Waals surface area contributed by atoms with Gasteiger partial charge in [-0.1, -0.05) is 32.0 Å². The predicted octanol–water partition coefficient (Wildman–Crippen LogP) is 3.18. The first-order valence-electron chi connectivity index (χ1n) is 6.58. The minimum atomic E-state index is -0.511. The molecule has 0 aliphatic rings. The van der Waals surface area contributed by atoms with Gasteiger partial charge in [-0.15, -0.1) is 0 Å². The van der Waals surface area contributed by atoms with Gasteiger partial charge in [0.05, 0.1) is 12.7 Å². The van der Waals surface area contributed by atoms with Crippen molar-refractivity contribution in [3.8, 4) is 5.75 Å². The monoisotopic (exact) mass is 252 g/mol. The van der Waals surface area contributed by atoms with E-state index in [4.69, 9.17) is 9.47 Å². The van der Waals surface area contributed by atoms with E-state index in [-0.39, 0.29) is 0 Å². The summed E-state index contributed by atoms with van der Waals surface area (Å²) in [6.07, 6.45) is 0.563. The van der Waals surface area contributed by atoms with E-state index >= 15 is 0 Å². The quantitative estimate of drug-likeness (QED) is 0.722. The van der Waals surface area contributed by atoms with Crippen molar-refractivity contribution in [2.75, 3.05) is 19.8 Å². The second-order valence-corrected chi connectivity index (χ2v) is 4.86. The van der Waals surface area contributed by atoms with Gasteiger partial charge in [0.25, 0.3) is 0 Å². The number of aliphatic hydroxyl groups is 1. The Balaban J connectivity index is 2.27. The number of aliphatic hydroxyl groups excluding tert-OH is 1. The van der Waals surface area contributed by atoms with Crippen molar-refractivity contribution in [1.29, 1.82) is 0 Å². The van der Waals surface area contributed by atoms with Crippen LogP contribution in [0.1, 0.15) is 38.9 Å². The summed E-state index contributed by atoms with van der Waals surface area (Å²) in [5, 5.41) is 9.60. The molecule has 0 heterocycles. The average Bonchev–Trinajstić information content (AvgIpc) is 2.33. The molecule has 1 rings (SSSR count). The Morgan fingerprint density at radius 3 is 2.44 bits per heavy atom. The lowest BCUT2D eigenvalue weighted by Gasteiger charge is -2.13. The van der Waals surface area contributed by atoms with Crippen LogP contribution in [0.3, 0.4) is 0 Å². The van der Waals surface area contributed by atoms with E-state index in [1.54, 1.807) is 6.92 Å². The van der Waals surface area contributed by atoms with E-state index in [0.29, 0.717) is 19.1 Å². The molecule has 1 aromatic carbocycles. The molecule has 0 saturated carbocycles. The van der Waals surface area contributed by atoms with Gasteiger partial charge in [0, 0.05) is 12.2 Å². The maximum Gasteiger partial charge on any atom is 0.125 e. The maximum atomic E-state index is 9.60. The summed E-state index contributed by atoms with van der Waals surface area (Å²) in [5.41, 5.74) is 0.819. The Kier molecular flexibility index (Phi) is 6.76. The van der Waals surface area contributed by atoms with Crippen molar-refractivity contribution >= 4 is 0 Å². The fourth-order valence-electron chi connectivity index (χ4n) is 1.59. The van der Waals surface area contributed by atoms with Crippen LogP contribution >= 0.6 is 0 Å². The van der Waals surface area contributed by atoms with Gasteiger partial charge in [-0.3, -0.25) is 0 Å². The summed E-state index contributed by atoms with van der Waals surface area (Å²) in [6.45, 7) is 7.97. The van der Waals surface area contributed by atoms with Crippen LogP contribution in [-0.2, 0) is 4.74 Å². The fourth-order valence-corrected chi connectivity index (χ4v) is 1.59. The number of benzene rings is 1. The molecule has 0 amide bonds. The molecule has 0 bridgehead atoms. The first-order chi connectivity index (χ1) is 8.61. The highest BCUT2D eigenvalue weighted by Crippen LogP contribution is 2.24. The Morgan fingerprint density at radius 2 is 1.78 bits per heavy atom. The van der Waals surface area contributed by atoms with Gasteiger partial charge in [-0.2, -0.15) is 0 Å². The molecule has 18 heavy (non-hydrogen) atoms. The second kappa shape index (κ2) is 8.11. The first-order valence-corrected chi connectivity index (χ1v) is 6.58. The maximum absolute atomic E-state index is 9.60. The van der Waals surface area contributed by atoms with Gasteiger partial charge in [0.15, 0.2) is 0 Å². The molecule has 0 aromatic heterocycles. The summed E-state index contributed by atoms with van der Waals surface area (Å²) >= 11 is 0. The molecule has 3 heteroatoms. The molecule has 0 aliphatic carbocycles. The lowest BCUT2D eigenvalue weighted by Crippen LogP contribution is -2.10. The van der Waals surface area contributed by atoms with Gasteiger partial charge < -0.3 is 14.6 Å². The van der Waals surface area contributed by atoms with Gasteiger partial charge in [-0.05, 0) is 25.3 Å². The van der Waals surface area contributed by atoms with Crippen molar-refractivity contribution in [2.24, 2.45) is 5.92 Å². The highest BCUT2D eigenvalue weighted by molar-refractivity contribution is 5.34. The molecular weight excluding hydrogens is 228 g/mol. The van der Waals surface area contributed by atoms with Crippen LogP contribution in [-0.4, -0.2) is 24.9 Å². The van der Waals surface area contributed by atoms with Crippen molar-refractivity contribution in [1.82, 2.24) is 0 Å². The summed E-state index contributed by atoms with van der Waals surface area (Å²) in [5.74, 6) is 1.40. The van der Waals surface area contributed by atoms with Crippen LogP contribution in [0, 0.1) is 5.92 Å². The topological polar surface area (TPSA) is 38.7 Å². The number of para-hydroxylation sites is 1. The van der Waals surface area contributed by atoms with Gasteiger partial charge in [-0.25, -0.2) is 0 Å². The van der Waals surface area contributed by atoms with E-state index < -0.39 is 6.10 Å². The van der Waals surface area contributed by atoms with Crippen molar-refractivity contribution in [3.63, 3.8) is 0 Å². The lowest BCUT2D eigenvalue weighted by molar-refractivity contribution is 0.0909. The van der Waals surface area contributed by atoms with Crippen molar-refractivity contribution < 1.29 is 14.6 Å². The zero-order valence-electron chi connectivity index (χ0n) is 11.6. The second-order valence-electron chi connectivity index (χ2n) is 4.86.